The molecule has 0 unspecified atom stereocenters. The smallest absolute Gasteiger partial charge is 0.232 e. The van der Waals surface area contributed by atoms with Gasteiger partial charge in [0.2, 0.25) is 5.91 Å². The Morgan fingerprint density at radius 3 is 2.30 bits per heavy atom. The second kappa shape index (κ2) is 9.53. The fourth-order valence-corrected chi connectivity index (χ4v) is 2.42. The Balaban J connectivity index is 2.16. The Hall–Kier alpha value is -1.36. The summed E-state index contributed by atoms with van der Waals surface area (Å²) in [7, 11) is 1.64. The van der Waals surface area contributed by atoms with E-state index in [1.165, 1.54) is 0 Å². The minimum absolute atomic E-state index is 0.199. The molecular formula is C15H23NO3S. The van der Waals surface area contributed by atoms with Gasteiger partial charge in [-0.15, -0.1) is 11.8 Å². The normalized spacial score (nSPS) is 10.2. The topological polar surface area (TPSA) is 38.8 Å². The van der Waals surface area contributed by atoms with Gasteiger partial charge in [0.1, 0.15) is 11.5 Å². The van der Waals surface area contributed by atoms with Crippen LogP contribution >= 0.6 is 11.8 Å². The van der Waals surface area contributed by atoms with Crippen molar-refractivity contribution in [1.29, 1.82) is 0 Å². The first-order chi connectivity index (χ1) is 9.71. The number of hydrogen-bond donors (Lipinski definition) is 0. The van der Waals surface area contributed by atoms with Gasteiger partial charge in [-0.2, -0.15) is 0 Å². The van der Waals surface area contributed by atoms with Crippen LogP contribution in [0.25, 0.3) is 0 Å². The van der Waals surface area contributed by atoms with Gasteiger partial charge in [-0.1, -0.05) is 0 Å². The number of amides is 1. The van der Waals surface area contributed by atoms with Gasteiger partial charge in [0.15, 0.2) is 0 Å². The molecule has 1 rings (SSSR count). The minimum Gasteiger partial charge on any atom is -0.497 e. The third kappa shape index (κ3) is 5.74. The van der Waals surface area contributed by atoms with Crippen LogP contribution in [0.3, 0.4) is 0 Å². The van der Waals surface area contributed by atoms with Crippen molar-refractivity contribution < 1.29 is 14.3 Å². The lowest BCUT2D eigenvalue weighted by Crippen LogP contribution is -2.32. The summed E-state index contributed by atoms with van der Waals surface area (Å²) in [6.07, 6.45) is 0. The molecule has 1 amide bonds. The number of ether oxygens (including phenoxy) is 2. The maximum Gasteiger partial charge on any atom is 0.232 e. The number of nitrogens with zero attached hydrogens (tertiary/aromatic N) is 1. The molecule has 0 N–H and O–H groups in total. The lowest BCUT2D eigenvalue weighted by atomic mass is 10.3. The monoisotopic (exact) mass is 297 g/mol. The maximum atomic E-state index is 11.8. The zero-order chi connectivity index (χ0) is 14.8. The van der Waals surface area contributed by atoms with Crippen LogP contribution in [0.5, 0.6) is 11.5 Å². The van der Waals surface area contributed by atoms with Crippen LogP contribution < -0.4 is 9.47 Å². The van der Waals surface area contributed by atoms with Crippen LogP contribution in [0.15, 0.2) is 24.3 Å². The average molecular weight is 297 g/mol. The first kappa shape index (κ1) is 16.7. The summed E-state index contributed by atoms with van der Waals surface area (Å²) in [5.74, 6) is 3.16. The van der Waals surface area contributed by atoms with Crippen molar-refractivity contribution in [3.63, 3.8) is 0 Å². The lowest BCUT2D eigenvalue weighted by Gasteiger charge is -2.18. The summed E-state index contributed by atoms with van der Waals surface area (Å²) in [6, 6.07) is 7.49. The van der Waals surface area contributed by atoms with Gasteiger partial charge in [-0.25, -0.2) is 0 Å². The number of carbonyl (C=O) groups excluding carboxylic acids is 1. The molecule has 1 aromatic carbocycles. The van der Waals surface area contributed by atoms with Gasteiger partial charge in [-0.05, 0) is 38.1 Å². The molecule has 0 saturated heterocycles. The number of carbonyl (C=O) groups is 1. The average Bonchev–Trinajstić information content (AvgIpc) is 2.49. The number of benzene rings is 1. The summed E-state index contributed by atoms with van der Waals surface area (Å²) in [5.41, 5.74) is 0. The predicted octanol–water partition coefficient (Wildman–Crippen LogP) is 2.68. The molecule has 0 saturated carbocycles. The van der Waals surface area contributed by atoms with Crippen molar-refractivity contribution >= 4 is 17.7 Å². The van der Waals surface area contributed by atoms with Crippen LogP contribution in [0.2, 0.25) is 0 Å². The molecule has 0 heterocycles. The van der Waals surface area contributed by atoms with Gasteiger partial charge in [0, 0.05) is 18.8 Å². The van der Waals surface area contributed by atoms with Crippen LogP contribution in [0.1, 0.15) is 13.8 Å². The fourth-order valence-electron chi connectivity index (χ4n) is 1.72. The standard InChI is InChI=1S/C15H23NO3S/c1-4-16(5-2)15(17)12-20-11-10-19-14-8-6-13(18-3)7-9-14/h6-9H,4-5,10-12H2,1-3H3. The van der Waals surface area contributed by atoms with E-state index in [-0.39, 0.29) is 5.91 Å². The largest absolute Gasteiger partial charge is 0.497 e. The van der Waals surface area contributed by atoms with Crippen molar-refractivity contribution in [1.82, 2.24) is 4.90 Å². The molecule has 5 heteroatoms. The zero-order valence-corrected chi connectivity index (χ0v) is 13.2. The third-order valence-corrected chi connectivity index (χ3v) is 3.80. The highest BCUT2D eigenvalue weighted by molar-refractivity contribution is 7.99. The molecule has 0 spiro atoms. The molecule has 0 fully saturated rings. The van der Waals surface area contributed by atoms with E-state index < -0.39 is 0 Å². The summed E-state index contributed by atoms with van der Waals surface area (Å²) in [4.78, 5) is 13.6. The molecule has 4 nitrogen and oxygen atoms in total. The Bertz CT molecular complexity index is 391. The van der Waals surface area contributed by atoms with E-state index in [0.717, 1.165) is 30.3 Å². The summed E-state index contributed by atoms with van der Waals surface area (Å²) in [6.45, 7) is 6.15. The van der Waals surface area contributed by atoms with Gasteiger partial charge >= 0.3 is 0 Å². The number of thioether (sulfide) groups is 1. The number of hydrogen-bond acceptors (Lipinski definition) is 4. The van der Waals surface area contributed by atoms with Gasteiger partial charge in [-0.3, -0.25) is 4.79 Å². The van der Waals surface area contributed by atoms with E-state index in [2.05, 4.69) is 0 Å². The summed E-state index contributed by atoms with van der Waals surface area (Å²) >= 11 is 1.61. The lowest BCUT2D eigenvalue weighted by molar-refractivity contribution is -0.127. The first-order valence-corrected chi connectivity index (χ1v) is 7.99. The Morgan fingerprint density at radius 1 is 1.15 bits per heavy atom. The maximum absolute atomic E-state index is 11.8. The highest BCUT2D eigenvalue weighted by Crippen LogP contribution is 2.17. The quantitative estimate of drug-likeness (QED) is 0.657. The summed E-state index contributed by atoms with van der Waals surface area (Å²) < 4.78 is 10.7. The molecular weight excluding hydrogens is 274 g/mol. The van der Waals surface area contributed by atoms with E-state index >= 15 is 0 Å². The Morgan fingerprint density at radius 2 is 1.75 bits per heavy atom. The molecule has 0 aliphatic heterocycles. The molecule has 20 heavy (non-hydrogen) atoms. The predicted molar refractivity (Wildman–Crippen MR) is 83.7 cm³/mol. The highest BCUT2D eigenvalue weighted by Gasteiger charge is 2.08. The molecule has 1 aromatic rings. The SMILES string of the molecule is CCN(CC)C(=O)CSCCOc1ccc(OC)cc1. The molecule has 0 radical (unpaired) electrons. The van der Waals surface area contributed by atoms with Crippen molar-refractivity contribution in [3.05, 3.63) is 24.3 Å². The highest BCUT2D eigenvalue weighted by atomic mass is 32.2. The van der Waals surface area contributed by atoms with Gasteiger partial charge in [0.05, 0.1) is 19.5 Å². The van der Waals surface area contributed by atoms with Crippen molar-refractivity contribution in [3.8, 4) is 11.5 Å². The molecule has 112 valence electrons. The van der Waals surface area contributed by atoms with Crippen LogP contribution in [0, 0.1) is 0 Å². The molecule has 0 atom stereocenters. The number of rotatable bonds is 9. The molecule has 0 aliphatic carbocycles. The third-order valence-electron chi connectivity index (χ3n) is 2.90. The fraction of sp³-hybridized carbons (Fsp3) is 0.533. The molecule has 0 aliphatic rings. The second-order valence-electron chi connectivity index (χ2n) is 4.14. The van der Waals surface area contributed by atoms with Gasteiger partial charge in [0.25, 0.3) is 0 Å². The zero-order valence-electron chi connectivity index (χ0n) is 12.4. The second-order valence-corrected chi connectivity index (χ2v) is 5.25. The minimum atomic E-state index is 0.199. The van der Waals surface area contributed by atoms with E-state index in [4.69, 9.17) is 9.47 Å². The first-order valence-electron chi connectivity index (χ1n) is 6.83. The summed E-state index contributed by atoms with van der Waals surface area (Å²) in [5, 5.41) is 0. The van der Waals surface area contributed by atoms with E-state index in [0.29, 0.717) is 12.4 Å². The van der Waals surface area contributed by atoms with Crippen molar-refractivity contribution in [2.75, 3.05) is 38.3 Å². The van der Waals surface area contributed by atoms with E-state index in [1.807, 2.05) is 43.0 Å². The number of methoxy groups -OCH3 is 1. The Kier molecular flexibility index (Phi) is 7.95. The van der Waals surface area contributed by atoms with E-state index in [9.17, 15) is 4.79 Å². The van der Waals surface area contributed by atoms with Crippen molar-refractivity contribution in [2.24, 2.45) is 0 Å². The van der Waals surface area contributed by atoms with Crippen LogP contribution in [-0.4, -0.2) is 49.1 Å². The van der Waals surface area contributed by atoms with Gasteiger partial charge < -0.3 is 14.4 Å². The van der Waals surface area contributed by atoms with Crippen LogP contribution in [-0.2, 0) is 4.79 Å². The molecule has 0 bridgehead atoms. The molecule has 0 aromatic heterocycles. The van der Waals surface area contributed by atoms with Crippen molar-refractivity contribution in [2.45, 2.75) is 13.8 Å². The van der Waals surface area contributed by atoms with Crippen LogP contribution in [0.4, 0.5) is 0 Å². The van der Waals surface area contributed by atoms with E-state index in [1.54, 1.807) is 18.9 Å². The Labute approximate surface area is 125 Å².